The van der Waals surface area contributed by atoms with Crippen molar-refractivity contribution in [3.05, 3.63) is 69.3 Å². The average Bonchev–Trinajstić information content (AvgIpc) is 2.49. The second-order valence-electron chi connectivity index (χ2n) is 4.71. The van der Waals surface area contributed by atoms with Crippen molar-refractivity contribution in [1.82, 2.24) is 0 Å². The molecule has 0 atom stereocenters. The molecular weight excluding hydrogens is 268 g/mol. The summed E-state index contributed by atoms with van der Waals surface area (Å²) >= 11 is 0. The zero-order valence-electron chi connectivity index (χ0n) is 11.9. The first kappa shape index (κ1) is 14.7. The molecule has 0 heterocycles. The van der Waals surface area contributed by atoms with Crippen LogP contribution in [0.4, 0.5) is 11.4 Å². The molecular formula is C16H16N2O3. The number of rotatable bonds is 4. The number of aryl methyl sites for hydroxylation is 1. The van der Waals surface area contributed by atoms with Crippen molar-refractivity contribution in [3.8, 4) is 0 Å². The first-order chi connectivity index (χ1) is 10.0. The molecule has 2 rings (SSSR count). The van der Waals surface area contributed by atoms with Crippen LogP contribution in [0.2, 0.25) is 0 Å². The molecule has 1 N–H and O–H groups in total. The monoisotopic (exact) mass is 284 g/mol. The fraction of sp³-hybridized carbons (Fsp3) is 0.188. The predicted molar refractivity (Wildman–Crippen MR) is 81.6 cm³/mol. The van der Waals surface area contributed by atoms with Crippen molar-refractivity contribution in [3.63, 3.8) is 0 Å². The minimum atomic E-state index is -0.457. The normalized spacial score (nSPS) is 10.2. The topological polar surface area (TPSA) is 72.2 Å². The smallest absolute Gasteiger partial charge is 0.274 e. The molecule has 2 aromatic carbocycles. The van der Waals surface area contributed by atoms with E-state index in [0.717, 1.165) is 12.0 Å². The Balaban J connectivity index is 2.23. The Hall–Kier alpha value is -2.69. The van der Waals surface area contributed by atoms with Gasteiger partial charge in [0.25, 0.3) is 11.6 Å². The summed E-state index contributed by atoms with van der Waals surface area (Å²) in [5.41, 5.74) is 2.57. The summed E-state index contributed by atoms with van der Waals surface area (Å²) in [4.78, 5) is 22.6. The molecule has 0 aliphatic rings. The lowest BCUT2D eigenvalue weighted by Gasteiger charge is -2.09. The van der Waals surface area contributed by atoms with E-state index in [-0.39, 0.29) is 11.6 Å². The molecule has 0 aliphatic carbocycles. The van der Waals surface area contributed by atoms with Crippen LogP contribution in [0.15, 0.2) is 42.5 Å². The van der Waals surface area contributed by atoms with Crippen LogP contribution in [0.5, 0.6) is 0 Å². The van der Waals surface area contributed by atoms with Gasteiger partial charge in [-0.15, -0.1) is 0 Å². The lowest BCUT2D eigenvalue weighted by atomic mass is 10.1. The van der Waals surface area contributed by atoms with Crippen LogP contribution in [-0.2, 0) is 6.42 Å². The van der Waals surface area contributed by atoms with Crippen molar-refractivity contribution < 1.29 is 9.72 Å². The third kappa shape index (κ3) is 3.25. The molecule has 21 heavy (non-hydrogen) atoms. The van der Waals surface area contributed by atoms with Crippen LogP contribution >= 0.6 is 0 Å². The number of nitro groups is 1. The molecule has 108 valence electrons. The Kier molecular flexibility index (Phi) is 4.33. The van der Waals surface area contributed by atoms with Gasteiger partial charge >= 0.3 is 0 Å². The second kappa shape index (κ2) is 6.17. The summed E-state index contributed by atoms with van der Waals surface area (Å²) in [6.45, 7) is 3.66. The number of hydrogen-bond donors (Lipinski definition) is 1. The number of anilines is 1. The maximum Gasteiger partial charge on any atom is 0.274 e. The predicted octanol–water partition coefficient (Wildman–Crippen LogP) is 3.72. The molecule has 5 heteroatoms. The maximum absolute atomic E-state index is 12.2. The third-order valence-corrected chi connectivity index (χ3v) is 3.37. The van der Waals surface area contributed by atoms with Crippen LogP contribution in [0.25, 0.3) is 0 Å². The summed E-state index contributed by atoms with van der Waals surface area (Å²) < 4.78 is 0. The Morgan fingerprint density at radius 1 is 1.19 bits per heavy atom. The number of carbonyl (C=O) groups excluding carboxylic acids is 1. The van der Waals surface area contributed by atoms with Crippen LogP contribution in [0.1, 0.15) is 28.4 Å². The second-order valence-corrected chi connectivity index (χ2v) is 4.71. The van der Waals surface area contributed by atoms with Crippen molar-refractivity contribution >= 4 is 17.3 Å². The fourth-order valence-electron chi connectivity index (χ4n) is 2.04. The summed E-state index contributed by atoms with van der Waals surface area (Å²) in [6, 6.07) is 11.9. The number of carbonyl (C=O) groups is 1. The number of amides is 1. The standard InChI is InChI=1S/C16H16N2O3/c1-3-12-7-9-13(10-8-12)16(19)17-14-5-4-6-15(11(14)2)18(20)21/h4-10H,3H2,1-2H3,(H,17,19). The lowest BCUT2D eigenvalue weighted by molar-refractivity contribution is -0.385. The van der Waals surface area contributed by atoms with Gasteiger partial charge in [0.15, 0.2) is 0 Å². The zero-order chi connectivity index (χ0) is 15.4. The van der Waals surface area contributed by atoms with Gasteiger partial charge in [0, 0.05) is 11.6 Å². The largest absolute Gasteiger partial charge is 0.321 e. The fourth-order valence-corrected chi connectivity index (χ4v) is 2.04. The van der Waals surface area contributed by atoms with Gasteiger partial charge in [0.05, 0.1) is 16.2 Å². The number of hydrogen-bond acceptors (Lipinski definition) is 3. The summed E-state index contributed by atoms with van der Waals surface area (Å²) in [5.74, 6) is -0.277. The highest BCUT2D eigenvalue weighted by atomic mass is 16.6. The number of benzene rings is 2. The Morgan fingerprint density at radius 3 is 2.43 bits per heavy atom. The van der Waals surface area contributed by atoms with Crippen molar-refractivity contribution in [2.75, 3.05) is 5.32 Å². The van der Waals surface area contributed by atoms with Gasteiger partial charge in [0.1, 0.15) is 0 Å². The van der Waals surface area contributed by atoms with E-state index in [9.17, 15) is 14.9 Å². The molecule has 0 spiro atoms. The first-order valence-corrected chi connectivity index (χ1v) is 6.67. The molecule has 5 nitrogen and oxygen atoms in total. The van der Waals surface area contributed by atoms with Crippen LogP contribution in [0.3, 0.4) is 0 Å². The molecule has 0 saturated heterocycles. The van der Waals surface area contributed by atoms with E-state index >= 15 is 0 Å². The van der Waals surface area contributed by atoms with E-state index in [4.69, 9.17) is 0 Å². The molecule has 0 unspecified atom stereocenters. The van der Waals surface area contributed by atoms with Gasteiger partial charge in [0.2, 0.25) is 0 Å². The molecule has 0 saturated carbocycles. The zero-order valence-corrected chi connectivity index (χ0v) is 11.9. The molecule has 1 amide bonds. The lowest BCUT2D eigenvalue weighted by Crippen LogP contribution is -2.13. The van der Waals surface area contributed by atoms with Gasteiger partial charge in [-0.1, -0.05) is 25.1 Å². The number of nitrogens with one attached hydrogen (secondary N) is 1. The van der Waals surface area contributed by atoms with Gasteiger partial charge in [-0.2, -0.15) is 0 Å². The van der Waals surface area contributed by atoms with Gasteiger partial charge in [-0.3, -0.25) is 14.9 Å². The van der Waals surface area contributed by atoms with Crippen LogP contribution < -0.4 is 5.32 Å². The first-order valence-electron chi connectivity index (χ1n) is 6.67. The van der Waals surface area contributed by atoms with E-state index in [2.05, 4.69) is 5.32 Å². The highest BCUT2D eigenvalue weighted by molar-refractivity contribution is 6.04. The van der Waals surface area contributed by atoms with Crippen LogP contribution in [-0.4, -0.2) is 10.8 Å². The highest BCUT2D eigenvalue weighted by Crippen LogP contribution is 2.25. The molecule has 0 aromatic heterocycles. The summed E-state index contributed by atoms with van der Waals surface area (Å²) in [7, 11) is 0. The quantitative estimate of drug-likeness (QED) is 0.687. The summed E-state index contributed by atoms with van der Waals surface area (Å²) in [5, 5.41) is 13.6. The van der Waals surface area contributed by atoms with Crippen molar-refractivity contribution in [2.24, 2.45) is 0 Å². The van der Waals surface area contributed by atoms with E-state index in [1.807, 2.05) is 19.1 Å². The molecule has 0 bridgehead atoms. The van der Waals surface area contributed by atoms with Gasteiger partial charge in [-0.25, -0.2) is 0 Å². The van der Waals surface area contributed by atoms with E-state index in [1.165, 1.54) is 6.07 Å². The summed E-state index contributed by atoms with van der Waals surface area (Å²) in [6.07, 6.45) is 0.909. The maximum atomic E-state index is 12.2. The Morgan fingerprint density at radius 2 is 1.86 bits per heavy atom. The molecule has 0 aliphatic heterocycles. The molecule has 2 aromatic rings. The average molecular weight is 284 g/mol. The van der Waals surface area contributed by atoms with Gasteiger partial charge < -0.3 is 5.32 Å². The highest BCUT2D eigenvalue weighted by Gasteiger charge is 2.15. The van der Waals surface area contributed by atoms with Crippen molar-refractivity contribution in [2.45, 2.75) is 20.3 Å². The minimum absolute atomic E-state index is 0.00543. The van der Waals surface area contributed by atoms with Crippen LogP contribution in [0, 0.1) is 17.0 Å². The minimum Gasteiger partial charge on any atom is -0.321 e. The van der Waals surface area contributed by atoms with E-state index in [0.29, 0.717) is 16.8 Å². The van der Waals surface area contributed by atoms with Gasteiger partial charge in [-0.05, 0) is 37.1 Å². The number of nitrogens with zero attached hydrogens (tertiary/aromatic N) is 1. The van der Waals surface area contributed by atoms with E-state index < -0.39 is 4.92 Å². The Labute approximate surface area is 122 Å². The third-order valence-electron chi connectivity index (χ3n) is 3.37. The molecule has 0 fully saturated rings. The molecule has 0 radical (unpaired) electrons. The van der Waals surface area contributed by atoms with E-state index in [1.54, 1.807) is 31.2 Å². The number of nitro benzene ring substituents is 1. The Bertz CT molecular complexity index is 678. The SMILES string of the molecule is CCc1ccc(C(=O)Nc2cccc([N+](=O)[O-])c2C)cc1. The van der Waals surface area contributed by atoms with Crippen molar-refractivity contribution in [1.29, 1.82) is 0 Å².